The van der Waals surface area contributed by atoms with Gasteiger partial charge in [0.1, 0.15) is 0 Å². The number of nitrogens with zero attached hydrogens (tertiary/aromatic N) is 1. The molecule has 0 fully saturated rings. The number of para-hydroxylation sites is 1. The molecule has 0 radical (unpaired) electrons. The van der Waals surface area contributed by atoms with Crippen molar-refractivity contribution in [1.29, 1.82) is 0 Å². The normalized spacial score (nSPS) is 10.4. The van der Waals surface area contributed by atoms with E-state index in [1.54, 1.807) is 5.38 Å². The number of anilines is 2. The van der Waals surface area contributed by atoms with E-state index in [9.17, 15) is 14.4 Å². The van der Waals surface area contributed by atoms with Gasteiger partial charge in [-0.15, -0.1) is 11.3 Å². The summed E-state index contributed by atoms with van der Waals surface area (Å²) in [5.74, 6) is -0.548. The lowest BCUT2D eigenvalue weighted by atomic mass is 10.1. The van der Waals surface area contributed by atoms with Crippen molar-refractivity contribution >= 4 is 34.0 Å². The minimum atomic E-state index is -0.381. The Kier molecular flexibility index (Phi) is 5.77. The molecular weight excluding hydrogens is 364 g/mol. The van der Waals surface area contributed by atoms with Crippen molar-refractivity contribution in [2.75, 3.05) is 10.6 Å². The number of amides is 2. The van der Waals surface area contributed by atoms with Crippen LogP contribution in [0, 0.1) is 0 Å². The molecule has 2 aromatic heterocycles. The van der Waals surface area contributed by atoms with Gasteiger partial charge in [0.15, 0.2) is 5.13 Å². The Labute approximate surface area is 159 Å². The second-order valence-electron chi connectivity index (χ2n) is 5.78. The first-order chi connectivity index (χ1) is 13.0. The predicted octanol–water partition coefficient (Wildman–Crippen LogP) is 2.83. The minimum absolute atomic E-state index is 0.114. The predicted molar refractivity (Wildman–Crippen MR) is 105 cm³/mol. The molecular formula is C19H18N4O3S. The smallest absolute Gasteiger partial charge is 0.258 e. The van der Waals surface area contributed by atoms with Crippen LogP contribution in [0.5, 0.6) is 0 Å². The molecule has 138 valence electrons. The molecule has 2 amide bonds. The second kappa shape index (κ2) is 8.41. The minimum Gasteiger partial charge on any atom is -0.328 e. The molecule has 3 N–H and O–H groups in total. The SMILES string of the molecule is CCc1ccccc1NC(=O)Cc1csc(NC(=O)c2ccc(=O)[nH]c2)n1. The first kappa shape index (κ1) is 18.5. The maximum absolute atomic E-state index is 12.3. The van der Waals surface area contributed by atoms with Gasteiger partial charge in [-0.05, 0) is 24.1 Å². The number of aryl methyl sites for hydroxylation is 1. The van der Waals surface area contributed by atoms with Gasteiger partial charge in [-0.3, -0.25) is 19.7 Å². The van der Waals surface area contributed by atoms with Crippen LogP contribution in [0.4, 0.5) is 10.8 Å². The van der Waals surface area contributed by atoms with E-state index in [4.69, 9.17) is 0 Å². The Balaban J connectivity index is 1.60. The van der Waals surface area contributed by atoms with Crippen LogP contribution in [-0.2, 0) is 17.6 Å². The first-order valence-electron chi connectivity index (χ1n) is 8.37. The highest BCUT2D eigenvalue weighted by atomic mass is 32.1. The molecule has 3 rings (SSSR count). The Morgan fingerprint density at radius 3 is 2.70 bits per heavy atom. The van der Waals surface area contributed by atoms with E-state index >= 15 is 0 Å². The van der Waals surface area contributed by atoms with Gasteiger partial charge in [0.05, 0.1) is 17.7 Å². The van der Waals surface area contributed by atoms with Crippen LogP contribution in [0.15, 0.2) is 52.8 Å². The van der Waals surface area contributed by atoms with Crippen molar-refractivity contribution in [3.8, 4) is 0 Å². The molecule has 0 saturated heterocycles. The van der Waals surface area contributed by atoms with E-state index in [1.807, 2.05) is 31.2 Å². The number of H-pyrrole nitrogens is 1. The van der Waals surface area contributed by atoms with Crippen molar-refractivity contribution < 1.29 is 9.59 Å². The third-order valence-corrected chi connectivity index (χ3v) is 4.64. The fourth-order valence-electron chi connectivity index (χ4n) is 2.48. The van der Waals surface area contributed by atoms with Gasteiger partial charge in [-0.1, -0.05) is 25.1 Å². The number of aromatic nitrogens is 2. The third-order valence-electron chi connectivity index (χ3n) is 3.83. The topological polar surface area (TPSA) is 104 Å². The molecule has 0 bridgehead atoms. The van der Waals surface area contributed by atoms with Crippen molar-refractivity contribution in [2.45, 2.75) is 19.8 Å². The maximum atomic E-state index is 12.3. The van der Waals surface area contributed by atoms with Gasteiger partial charge in [0.2, 0.25) is 11.5 Å². The summed E-state index contributed by atoms with van der Waals surface area (Å²) in [7, 11) is 0. The zero-order valence-electron chi connectivity index (χ0n) is 14.6. The molecule has 8 heteroatoms. The van der Waals surface area contributed by atoms with E-state index in [0.717, 1.165) is 17.7 Å². The fraction of sp³-hybridized carbons (Fsp3) is 0.158. The van der Waals surface area contributed by atoms with Gasteiger partial charge in [0.25, 0.3) is 5.91 Å². The summed E-state index contributed by atoms with van der Waals surface area (Å²) < 4.78 is 0. The van der Waals surface area contributed by atoms with Crippen LogP contribution in [-0.4, -0.2) is 21.8 Å². The molecule has 0 unspecified atom stereocenters. The van der Waals surface area contributed by atoms with Gasteiger partial charge < -0.3 is 10.3 Å². The van der Waals surface area contributed by atoms with Crippen LogP contribution in [0.3, 0.4) is 0 Å². The second-order valence-corrected chi connectivity index (χ2v) is 6.63. The molecule has 2 heterocycles. The summed E-state index contributed by atoms with van der Waals surface area (Å²) in [6.07, 6.45) is 2.28. The van der Waals surface area contributed by atoms with Crippen LogP contribution in [0.2, 0.25) is 0 Å². The Bertz CT molecular complexity index is 1010. The highest BCUT2D eigenvalue weighted by molar-refractivity contribution is 7.14. The summed E-state index contributed by atoms with van der Waals surface area (Å²) in [6, 6.07) is 10.4. The number of carbonyl (C=O) groups is 2. The number of hydrogen-bond donors (Lipinski definition) is 3. The molecule has 0 spiro atoms. The number of pyridine rings is 1. The highest BCUT2D eigenvalue weighted by Gasteiger charge is 2.12. The van der Waals surface area contributed by atoms with Crippen molar-refractivity contribution in [2.24, 2.45) is 0 Å². The van der Waals surface area contributed by atoms with E-state index in [1.165, 1.54) is 29.7 Å². The van der Waals surface area contributed by atoms with E-state index in [-0.39, 0.29) is 23.8 Å². The van der Waals surface area contributed by atoms with Gasteiger partial charge in [0, 0.05) is 23.3 Å². The summed E-state index contributed by atoms with van der Waals surface area (Å²) in [5, 5.41) is 7.67. The summed E-state index contributed by atoms with van der Waals surface area (Å²) >= 11 is 1.24. The first-order valence-corrected chi connectivity index (χ1v) is 9.25. The molecule has 0 saturated carbocycles. The quantitative estimate of drug-likeness (QED) is 0.610. The number of nitrogens with one attached hydrogen (secondary N) is 3. The summed E-state index contributed by atoms with van der Waals surface area (Å²) in [6.45, 7) is 2.03. The van der Waals surface area contributed by atoms with Crippen LogP contribution in [0.25, 0.3) is 0 Å². The zero-order valence-corrected chi connectivity index (χ0v) is 15.4. The standard InChI is InChI=1S/C19H18N4O3S/c1-2-12-5-3-4-6-15(12)22-17(25)9-14-11-27-19(21-14)23-18(26)13-7-8-16(24)20-10-13/h3-8,10-11H,2,9H2,1H3,(H,20,24)(H,22,25)(H,21,23,26). The molecule has 0 aliphatic heterocycles. The van der Waals surface area contributed by atoms with Gasteiger partial charge in [-0.2, -0.15) is 0 Å². The molecule has 3 aromatic rings. The van der Waals surface area contributed by atoms with Crippen molar-refractivity contribution in [3.63, 3.8) is 0 Å². The number of benzene rings is 1. The Morgan fingerprint density at radius 2 is 1.96 bits per heavy atom. The monoisotopic (exact) mass is 382 g/mol. The maximum Gasteiger partial charge on any atom is 0.258 e. The molecule has 0 aliphatic rings. The Morgan fingerprint density at radius 1 is 1.15 bits per heavy atom. The number of thiazole rings is 1. The largest absolute Gasteiger partial charge is 0.328 e. The summed E-state index contributed by atoms with van der Waals surface area (Å²) in [4.78, 5) is 42.1. The fourth-order valence-corrected chi connectivity index (χ4v) is 3.18. The highest BCUT2D eigenvalue weighted by Crippen LogP contribution is 2.19. The van der Waals surface area contributed by atoms with Crippen LogP contribution >= 0.6 is 11.3 Å². The van der Waals surface area contributed by atoms with Crippen LogP contribution in [0.1, 0.15) is 28.5 Å². The lowest BCUT2D eigenvalue weighted by molar-refractivity contribution is -0.115. The third kappa shape index (κ3) is 4.89. The molecule has 1 aromatic carbocycles. The molecule has 7 nitrogen and oxygen atoms in total. The van der Waals surface area contributed by atoms with Gasteiger partial charge in [-0.25, -0.2) is 4.98 Å². The number of rotatable bonds is 6. The van der Waals surface area contributed by atoms with Crippen molar-refractivity contribution in [1.82, 2.24) is 9.97 Å². The van der Waals surface area contributed by atoms with E-state index in [2.05, 4.69) is 20.6 Å². The lowest BCUT2D eigenvalue weighted by Gasteiger charge is -2.08. The summed E-state index contributed by atoms with van der Waals surface area (Å²) in [5.41, 5.74) is 2.48. The average Bonchev–Trinajstić information content (AvgIpc) is 3.09. The van der Waals surface area contributed by atoms with E-state index in [0.29, 0.717) is 16.4 Å². The lowest BCUT2D eigenvalue weighted by Crippen LogP contribution is -2.16. The van der Waals surface area contributed by atoms with Gasteiger partial charge >= 0.3 is 0 Å². The number of aromatic amines is 1. The molecule has 0 atom stereocenters. The zero-order chi connectivity index (χ0) is 19.2. The molecule has 27 heavy (non-hydrogen) atoms. The number of carbonyl (C=O) groups excluding carboxylic acids is 2. The van der Waals surface area contributed by atoms with Crippen LogP contribution < -0.4 is 16.2 Å². The average molecular weight is 382 g/mol. The van der Waals surface area contributed by atoms with E-state index < -0.39 is 0 Å². The Hall–Kier alpha value is -3.26. The molecule has 0 aliphatic carbocycles. The van der Waals surface area contributed by atoms with Crippen molar-refractivity contribution in [3.05, 3.63) is 75.1 Å². The number of hydrogen-bond acceptors (Lipinski definition) is 5.